The number of carbonyl (C=O) groups is 1. The lowest BCUT2D eigenvalue weighted by Crippen LogP contribution is -2.32. The first-order chi connectivity index (χ1) is 13.6. The highest BCUT2D eigenvalue weighted by Crippen LogP contribution is 2.35. The van der Waals surface area contributed by atoms with Crippen LogP contribution in [-0.2, 0) is 6.54 Å². The highest BCUT2D eigenvalue weighted by molar-refractivity contribution is 7.99. The number of amides is 1. The van der Waals surface area contributed by atoms with E-state index in [1.54, 1.807) is 11.8 Å². The predicted molar refractivity (Wildman–Crippen MR) is 109 cm³/mol. The third-order valence-corrected chi connectivity index (χ3v) is 5.93. The van der Waals surface area contributed by atoms with Gasteiger partial charge in [-0.1, -0.05) is 25.1 Å². The molecule has 1 aliphatic rings. The molecule has 4 rings (SSSR count). The third-order valence-electron chi connectivity index (χ3n) is 4.81. The molecule has 3 aromatic rings. The summed E-state index contributed by atoms with van der Waals surface area (Å²) in [5.41, 5.74) is 0.687. The molecule has 0 unspecified atom stereocenters. The summed E-state index contributed by atoms with van der Waals surface area (Å²) >= 11 is 1.79. The molecular formula is C20H20N4O3S. The number of aryl methyl sites for hydroxylation is 1. The van der Waals surface area contributed by atoms with Crippen LogP contribution >= 0.6 is 11.8 Å². The van der Waals surface area contributed by atoms with Crippen molar-refractivity contribution in [2.75, 3.05) is 5.75 Å². The highest BCUT2D eigenvalue weighted by atomic mass is 32.2. The van der Waals surface area contributed by atoms with Crippen LogP contribution in [0.15, 0.2) is 51.0 Å². The second kappa shape index (κ2) is 7.63. The summed E-state index contributed by atoms with van der Waals surface area (Å²) in [7, 11) is 0. The molecule has 2 aromatic heterocycles. The van der Waals surface area contributed by atoms with E-state index in [2.05, 4.69) is 21.4 Å². The highest BCUT2D eigenvalue weighted by Gasteiger charge is 2.23. The molecule has 0 radical (unpaired) electrons. The number of pyridine rings is 1. The van der Waals surface area contributed by atoms with Gasteiger partial charge in [0.25, 0.3) is 11.5 Å². The van der Waals surface area contributed by atoms with E-state index >= 15 is 0 Å². The second-order valence-corrected chi connectivity index (χ2v) is 7.84. The van der Waals surface area contributed by atoms with Gasteiger partial charge in [0, 0.05) is 23.4 Å². The molecule has 0 bridgehead atoms. The number of hydrogen-bond acceptors (Lipinski definition) is 5. The molecule has 0 saturated carbocycles. The number of nitrogens with one attached hydrogen (secondary N) is 2. The summed E-state index contributed by atoms with van der Waals surface area (Å²) in [6.07, 6.45) is 2.99. The van der Waals surface area contributed by atoms with Crippen LogP contribution in [0.5, 0.6) is 0 Å². The van der Waals surface area contributed by atoms with Gasteiger partial charge in [0.2, 0.25) is 0 Å². The number of aromatic nitrogens is 3. The van der Waals surface area contributed by atoms with E-state index in [-0.39, 0.29) is 17.3 Å². The number of benzene rings is 1. The summed E-state index contributed by atoms with van der Waals surface area (Å²) < 4.78 is 1.42. The zero-order valence-electron chi connectivity index (χ0n) is 15.4. The SMILES string of the molecule is CCCn1c(=O)[nH]c(=O)c2cc(C(=O)N[C@H]3CCSc4ccccc43)cnc21. The van der Waals surface area contributed by atoms with Gasteiger partial charge >= 0.3 is 5.69 Å². The van der Waals surface area contributed by atoms with Crippen molar-refractivity contribution in [1.29, 1.82) is 0 Å². The Morgan fingerprint density at radius 1 is 1.36 bits per heavy atom. The Morgan fingerprint density at radius 2 is 2.18 bits per heavy atom. The Hall–Kier alpha value is -2.87. The van der Waals surface area contributed by atoms with Gasteiger partial charge in [0.15, 0.2) is 0 Å². The molecule has 0 saturated heterocycles. The lowest BCUT2D eigenvalue weighted by atomic mass is 10.0. The van der Waals surface area contributed by atoms with E-state index in [1.807, 2.05) is 25.1 Å². The number of carbonyl (C=O) groups excluding carboxylic acids is 1. The maximum absolute atomic E-state index is 12.8. The number of aromatic amines is 1. The average Bonchev–Trinajstić information content (AvgIpc) is 2.71. The minimum Gasteiger partial charge on any atom is -0.345 e. The topological polar surface area (TPSA) is 96.9 Å². The van der Waals surface area contributed by atoms with Gasteiger partial charge in [0.1, 0.15) is 5.65 Å². The molecule has 7 nitrogen and oxygen atoms in total. The van der Waals surface area contributed by atoms with Gasteiger partial charge in [-0.3, -0.25) is 19.1 Å². The number of rotatable bonds is 4. The molecule has 3 heterocycles. The van der Waals surface area contributed by atoms with Crippen molar-refractivity contribution in [3.63, 3.8) is 0 Å². The van der Waals surface area contributed by atoms with Gasteiger partial charge in [-0.05, 0) is 30.5 Å². The molecule has 0 aliphatic carbocycles. The zero-order chi connectivity index (χ0) is 19.7. The van der Waals surface area contributed by atoms with Crippen molar-refractivity contribution in [3.8, 4) is 0 Å². The quantitative estimate of drug-likeness (QED) is 0.706. The fourth-order valence-corrected chi connectivity index (χ4v) is 4.58. The van der Waals surface area contributed by atoms with E-state index in [9.17, 15) is 14.4 Å². The molecular weight excluding hydrogens is 376 g/mol. The summed E-state index contributed by atoms with van der Waals surface area (Å²) in [5.74, 6) is 0.648. The first kappa shape index (κ1) is 18.5. The smallest absolute Gasteiger partial charge is 0.329 e. The summed E-state index contributed by atoms with van der Waals surface area (Å²) in [6.45, 7) is 2.38. The standard InChI is InChI=1S/C20H20N4O3S/c1-2-8-24-17-14(19(26)23-20(24)27)10-12(11-21-17)18(25)22-15-7-9-28-16-6-4-3-5-13(15)16/h3-6,10-11,15H,2,7-9H2,1H3,(H,22,25)(H,23,26,27)/t15-/m0/s1. The Balaban J connectivity index is 1.68. The maximum atomic E-state index is 12.8. The Kier molecular flexibility index (Phi) is 5.04. The lowest BCUT2D eigenvalue weighted by Gasteiger charge is -2.25. The molecule has 144 valence electrons. The van der Waals surface area contributed by atoms with Crippen LogP contribution in [0.3, 0.4) is 0 Å². The number of thioether (sulfide) groups is 1. The Bertz CT molecular complexity index is 1170. The molecule has 0 fully saturated rings. The van der Waals surface area contributed by atoms with Crippen molar-refractivity contribution in [3.05, 3.63) is 68.5 Å². The van der Waals surface area contributed by atoms with E-state index in [4.69, 9.17) is 0 Å². The number of fused-ring (bicyclic) bond motifs is 2. The summed E-state index contributed by atoms with van der Waals surface area (Å²) in [6, 6.07) is 9.47. The van der Waals surface area contributed by atoms with E-state index in [0.717, 1.165) is 24.2 Å². The first-order valence-electron chi connectivity index (χ1n) is 9.24. The fourth-order valence-electron chi connectivity index (χ4n) is 3.46. The number of nitrogens with zero attached hydrogens (tertiary/aromatic N) is 2. The van der Waals surface area contributed by atoms with Crippen molar-refractivity contribution in [2.24, 2.45) is 0 Å². The zero-order valence-corrected chi connectivity index (χ0v) is 16.2. The first-order valence-corrected chi connectivity index (χ1v) is 10.2. The average molecular weight is 396 g/mol. The summed E-state index contributed by atoms with van der Waals surface area (Å²) in [5, 5.41) is 3.29. The number of hydrogen-bond donors (Lipinski definition) is 2. The third kappa shape index (κ3) is 3.35. The van der Waals surface area contributed by atoms with Gasteiger partial charge in [0.05, 0.1) is 17.0 Å². The predicted octanol–water partition coefficient (Wildman–Crippen LogP) is 2.46. The maximum Gasteiger partial charge on any atom is 0.329 e. The van der Waals surface area contributed by atoms with Crippen LogP contribution in [0, 0.1) is 0 Å². The number of H-pyrrole nitrogens is 1. The Morgan fingerprint density at radius 3 is 3.00 bits per heavy atom. The monoisotopic (exact) mass is 396 g/mol. The van der Waals surface area contributed by atoms with Gasteiger partial charge < -0.3 is 5.32 Å². The largest absolute Gasteiger partial charge is 0.345 e. The molecule has 0 spiro atoms. The van der Waals surface area contributed by atoms with Crippen LogP contribution in [0.2, 0.25) is 0 Å². The van der Waals surface area contributed by atoms with Crippen LogP contribution in [0.1, 0.15) is 41.7 Å². The van der Waals surface area contributed by atoms with Crippen molar-refractivity contribution < 1.29 is 4.79 Å². The van der Waals surface area contributed by atoms with Crippen molar-refractivity contribution in [1.82, 2.24) is 19.9 Å². The van der Waals surface area contributed by atoms with Gasteiger partial charge in [-0.25, -0.2) is 9.78 Å². The second-order valence-electron chi connectivity index (χ2n) is 6.71. The van der Waals surface area contributed by atoms with Gasteiger partial charge in [-0.2, -0.15) is 0 Å². The molecule has 28 heavy (non-hydrogen) atoms. The van der Waals surface area contributed by atoms with Crippen LogP contribution in [0.25, 0.3) is 11.0 Å². The van der Waals surface area contributed by atoms with E-state index in [1.165, 1.54) is 21.7 Å². The molecule has 1 aliphatic heterocycles. The van der Waals surface area contributed by atoms with E-state index in [0.29, 0.717) is 17.8 Å². The minimum absolute atomic E-state index is 0.0759. The lowest BCUT2D eigenvalue weighted by molar-refractivity contribution is 0.0935. The van der Waals surface area contributed by atoms with Crippen LogP contribution in [-0.4, -0.2) is 26.2 Å². The molecule has 2 N–H and O–H groups in total. The fraction of sp³-hybridized carbons (Fsp3) is 0.300. The molecule has 1 atom stereocenters. The van der Waals surface area contributed by atoms with Crippen molar-refractivity contribution in [2.45, 2.75) is 37.2 Å². The Labute approximate surface area is 165 Å². The molecule has 1 aromatic carbocycles. The van der Waals surface area contributed by atoms with Crippen molar-refractivity contribution >= 4 is 28.7 Å². The van der Waals surface area contributed by atoms with Gasteiger partial charge in [-0.15, -0.1) is 11.8 Å². The van der Waals surface area contributed by atoms with E-state index < -0.39 is 11.2 Å². The molecule has 1 amide bonds. The van der Waals surface area contributed by atoms with Crippen LogP contribution in [0.4, 0.5) is 0 Å². The minimum atomic E-state index is -0.533. The normalized spacial score (nSPS) is 16.0. The molecule has 8 heteroatoms. The van der Waals surface area contributed by atoms with Crippen LogP contribution < -0.4 is 16.6 Å². The summed E-state index contributed by atoms with van der Waals surface area (Å²) in [4.78, 5) is 44.8.